The fraction of sp³-hybridized carbons (Fsp3) is 0.448. The summed E-state index contributed by atoms with van der Waals surface area (Å²) >= 11 is 12.9. The van der Waals surface area contributed by atoms with Crippen LogP contribution in [-0.2, 0) is 61.7 Å². The molecule has 3 heterocycles. The van der Waals surface area contributed by atoms with E-state index in [2.05, 4.69) is 20.1 Å². The average Bonchev–Trinajstić information content (AvgIpc) is 4.07. The monoisotopic (exact) mass is 1060 g/mol. The van der Waals surface area contributed by atoms with E-state index in [-0.39, 0.29) is 56.3 Å². The van der Waals surface area contributed by atoms with Crippen molar-refractivity contribution in [3.8, 4) is 22.8 Å². The molecule has 2 saturated heterocycles. The van der Waals surface area contributed by atoms with Gasteiger partial charge in [-0.05, 0) is 118 Å². The lowest BCUT2D eigenvalue weighted by molar-refractivity contribution is -0.147. The van der Waals surface area contributed by atoms with E-state index in [1.54, 1.807) is 56.3 Å². The van der Waals surface area contributed by atoms with Gasteiger partial charge < -0.3 is 39.4 Å². The standard InChI is InChI=1S/C58H70Cl2N8O7/c1-38-56(71)63-49(37-74-5)58(73)64(2)46(30-40-17-22-44(59)23-18-40)33-54(69)62-48-15-9-10-16-50(48)66(4)57(72)43(29-39-13-7-6-8-14-39)31-55(70)68(38)35-42-19-24-45(60)32-52(42)75-47-25-20-41(21-26-47)51-34-61-53(65(51)3)36-67-27-11-12-28-67/h6-8,13-14,17-26,32,34,38,43,46,48-50H,9-12,15-16,27-31,33,35-37H2,1-5H3,(H,62,69)(H,63,71)/t38-,43+,46-,48-,49-,50-/m0/s1. The van der Waals surface area contributed by atoms with Crippen LogP contribution in [0.2, 0.25) is 10.0 Å². The Balaban J connectivity index is 1.13. The van der Waals surface area contributed by atoms with Crippen molar-refractivity contribution in [3.05, 3.63) is 136 Å². The van der Waals surface area contributed by atoms with Crippen molar-refractivity contribution in [3.63, 3.8) is 0 Å². The normalized spacial score (nSPS) is 22.9. The molecule has 5 aromatic rings. The van der Waals surface area contributed by atoms with E-state index in [1.165, 1.54) is 29.8 Å². The second-order valence-corrected chi connectivity index (χ2v) is 21.3. The third kappa shape index (κ3) is 14.0. The number of carbonyl (C=O) groups is 5. The maximum Gasteiger partial charge on any atom is 0.247 e. The molecule has 0 unspecified atom stereocenters. The molecule has 8 rings (SSSR count). The number of likely N-dealkylation sites (N-methyl/N-ethyl adjacent to an activating group) is 2. The largest absolute Gasteiger partial charge is 0.457 e. The number of aromatic nitrogens is 2. The van der Waals surface area contributed by atoms with Crippen molar-refractivity contribution in [1.29, 1.82) is 0 Å². The third-order valence-electron chi connectivity index (χ3n) is 15.2. The molecule has 5 amide bonds. The number of imidazole rings is 1. The second kappa shape index (κ2) is 25.5. The smallest absolute Gasteiger partial charge is 0.247 e. The number of amides is 5. The van der Waals surface area contributed by atoms with Gasteiger partial charge in [0.2, 0.25) is 29.5 Å². The van der Waals surface area contributed by atoms with E-state index in [0.717, 1.165) is 60.7 Å². The molecular formula is C58H70Cl2N8O7. The summed E-state index contributed by atoms with van der Waals surface area (Å²) in [7, 11) is 6.84. The van der Waals surface area contributed by atoms with Crippen LogP contribution in [0.1, 0.15) is 80.8 Å². The molecule has 1 saturated carbocycles. The summed E-state index contributed by atoms with van der Waals surface area (Å²) in [5, 5.41) is 7.10. The Morgan fingerprint density at radius 1 is 0.720 bits per heavy atom. The maximum atomic E-state index is 15.3. The number of fused-ring (bicyclic) bond motifs is 1. The molecule has 2 aliphatic heterocycles. The Bertz CT molecular complexity index is 2770. The molecule has 2 N–H and O–H groups in total. The minimum atomic E-state index is -1.19. The highest BCUT2D eigenvalue weighted by atomic mass is 35.5. The van der Waals surface area contributed by atoms with Gasteiger partial charge in [-0.3, -0.25) is 28.9 Å². The molecule has 398 valence electrons. The van der Waals surface area contributed by atoms with Crippen LogP contribution < -0.4 is 15.4 Å². The van der Waals surface area contributed by atoms with Crippen molar-refractivity contribution < 1.29 is 33.4 Å². The van der Waals surface area contributed by atoms with Crippen molar-refractivity contribution in [2.45, 2.75) is 114 Å². The molecule has 0 spiro atoms. The van der Waals surface area contributed by atoms with E-state index in [9.17, 15) is 14.4 Å². The van der Waals surface area contributed by atoms with Gasteiger partial charge in [-0.1, -0.05) is 84.6 Å². The third-order valence-corrected chi connectivity index (χ3v) is 15.7. The van der Waals surface area contributed by atoms with Crippen LogP contribution in [0.15, 0.2) is 103 Å². The molecule has 3 aliphatic rings. The van der Waals surface area contributed by atoms with Gasteiger partial charge in [-0.15, -0.1) is 0 Å². The lowest BCUT2D eigenvalue weighted by atomic mass is 9.87. The predicted molar refractivity (Wildman–Crippen MR) is 290 cm³/mol. The Labute approximate surface area is 450 Å². The zero-order valence-electron chi connectivity index (χ0n) is 43.7. The Hall–Kier alpha value is -6.26. The van der Waals surface area contributed by atoms with Crippen LogP contribution >= 0.6 is 23.2 Å². The highest BCUT2D eigenvalue weighted by Crippen LogP contribution is 2.33. The lowest BCUT2D eigenvalue weighted by Crippen LogP contribution is -2.58. The number of halogens is 2. The molecule has 15 nitrogen and oxygen atoms in total. The number of ether oxygens (including phenoxy) is 2. The van der Waals surface area contributed by atoms with Crippen molar-refractivity contribution in [1.82, 2.24) is 39.8 Å². The summed E-state index contributed by atoms with van der Waals surface area (Å²) in [5.41, 5.74) is 4.21. The molecule has 1 aromatic heterocycles. The van der Waals surface area contributed by atoms with E-state index < -0.39 is 41.8 Å². The van der Waals surface area contributed by atoms with Crippen LogP contribution in [0, 0.1) is 5.92 Å². The van der Waals surface area contributed by atoms with Gasteiger partial charge in [0.15, 0.2) is 0 Å². The number of benzene rings is 4. The van der Waals surface area contributed by atoms with Gasteiger partial charge in [0.25, 0.3) is 0 Å². The number of nitrogens with zero attached hydrogens (tertiary/aromatic N) is 6. The first-order chi connectivity index (χ1) is 36.1. The van der Waals surface area contributed by atoms with Crippen LogP contribution in [0.5, 0.6) is 11.5 Å². The fourth-order valence-electron chi connectivity index (χ4n) is 10.8. The summed E-state index contributed by atoms with van der Waals surface area (Å²) in [4.78, 5) is 85.7. The SMILES string of the molecule is COC[C@@H]1NC(=O)[C@H](C)N(Cc2ccc(Cl)cc2Oc2ccc(-c3cnc(CN4CCCC4)n3C)cc2)C(=O)C[C@@H](Cc2ccccc2)C(=O)N(C)[C@H]2CCCC[C@@H]2NC(=O)C[C@H](Cc2ccc(Cl)cc2)N(C)C1=O. The topological polar surface area (TPSA) is 159 Å². The maximum absolute atomic E-state index is 15.3. The first-order valence-electron chi connectivity index (χ1n) is 26.1. The quantitative estimate of drug-likeness (QED) is 0.119. The Kier molecular flexibility index (Phi) is 18.7. The van der Waals surface area contributed by atoms with E-state index in [1.807, 2.05) is 80.0 Å². The number of nitrogens with one attached hydrogen (secondary N) is 2. The molecule has 0 radical (unpaired) electrons. The summed E-state index contributed by atoms with van der Waals surface area (Å²) in [5.74, 6) is -1.02. The number of carbonyl (C=O) groups excluding carboxylic acids is 5. The molecule has 0 bridgehead atoms. The highest BCUT2D eigenvalue weighted by Gasteiger charge is 2.39. The fourth-order valence-corrected chi connectivity index (χ4v) is 11.1. The Morgan fingerprint density at radius 2 is 1.41 bits per heavy atom. The van der Waals surface area contributed by atoms with Gasteiger partial charge in [0.1, 0.15) is 29.4 Å². The van der Waals surface area contributed by atoms with E-state index >= 15 is 9.59 Å². The van der Waals surface area contributed by atoms with Gasteiger partial charge >= 0.3 is 0 Å². The molecule has 6 atom stereocenters. The summed E-state index contributed by atoms with van der Waals surface area (Å²) in [6.45, 7) is 4.26. The van der Waals surface area contributed by atoms with Crippen molar-refractivity contribution in [2.75, 3.05) is 40.9 Å². The molecule has 1 aliphatic carbocycles. The van der Waals surface area contributed by atoms with Gasteiger partial charge in [0.05, 0.1) is 43.5 Å². The molecule has 3 fully saturated rings. The first kappa shape index (κ1) is 55.0. The van der Waals surface area contributed by atoms with E-state index in [4.69, 9.17) is 37.7 Å². The average molecular weight is 1060 g/mol. The second-order valence-electron chi connectivity index (χ2n) is 20.4. The van der Waals surface area contributed by atoms with E-state index in [0.29, 0.717) is 46.4 Å². The lowest BCUT2D eigenvalue weighted by Gasteiger charge is -2.40. The first-order valence-corrected chi connectivity index (χ1v) is 26.9. The number of rotatable bonds is 13. The van der Waals surface area contributed by atoms with Crippen LogP contribution in [0.4, 0.5) is 0 Å². The van der Waals surface area contributed by atoms with Gasteiger partial charge in [-0.25, -0.2) is 4.98 Å². The number of hydrogen-bond donors (Lipinski definition) is 2. The van der Waals surface area contributed by atoms with Crippen LogP contribution in [0.3, 0.4) is 0 Å². The minimum Gasteiger partial charge on any atom is -0.457 e. The van der Waals surface area contributed by atoms with Crippen LogP contribution in [-0.4, -0.2) is 130 Å². The number of methoxy groups -OCH3 is 1. The Morgan fingerprint density at radius 3 is 2.13 bits per heavy atom. The zero-order valence-corrected chi connectivity index (χ0v) is 45.2. The predicted octanol–water partition coefficient (Wildman–Crippen LogP) is 8.24. The zero-order chi connectivity index (χ0) is 53.2. The van der Waals surface area contributed by atoms with Gasteiger partial charge in [-0.2, -0.15) is 0 Å². The van der Waals surface area contributed by atoms with Gasteiger partial charge in [0, 0.05) is 74.4 Å². The summed E-state index contributed by atoms with van der Waals surface area (Å²) < 4.78 is 14.2. The molecular weight excluding hydrogens is 992 g/mol. The summed E-state index contributed by atoms with van der Waals surface area (Å²) in [6, 6.07) is 25.9. The molecule has 4 aromatic carbocycles. The minimum absolute atomic E-state index is 0.0471. The van der Waals surface area contributed by atoms with Crippen molar-refractivity contribution >= 4 is 52.7 Å². The number of likely N-dealkylation sites (tertiary alicyclic amines) is 1. The molecule has 17 heteroatoms. The van der Waals surface area contributed by atoms with Crippen molar-refractivity contribution in [2.24, 2.45) is 13.0 Å². The highest BCUT2D eigenvalue weighted by molar-refractivity contribution is 6.31. The van der Waals surface area contributed by atoms with Crippen LogP contribution in [0.25, 0.3) is 11.3 Å². The summed E-state index contributed by atoms with van der Waals surface area (Å²) in [6.07, 6.45) is 7.60. The molecule has 75 heavy (non-hydrogen) atoms. The number of hydrogen-bond acceptors (Lipinski definition) is 9.